The monoisotopic (exact) mass is 302 g/mol. The van der Waals surface area contributed by atoms with Gasteiger partial charge in [-0.1, -0.05) is 19.3 Å². The Balaban J connectivity index is 2.31. The lowest BCUT2D eigenvalue weighted by Crippen LogP contribution is -2.41. The normalized spacial score (nSPS) is 21.4. The van der Waals surface area contributed by atoms with Crippen LogP contribution in [0.5, 0.6) is 0 Å². The van der Waals surface area contributed by atoms with Crippen molar-refractivity contribution in [1.82, 2.24) is 9.78 Å². The standard InChI is InChI=1S/C12H19BrN2O2/c1-15-10(9(13)8-14-15)11(16)12(17-2)6-4-3-5-7-12/h8,11,16H,3-7H2,1-2H3. The zero-order valence-corrected chi connectivity index (χ0v) is 11.9. The third-order valence-electron chi connectivity index (χ3n) is 3.80. The third kappa shape index (κ3) is 2.28. The number of ether oxygens (including phenoxy) is 1. The Morgan fingerprint density at radius 3 is 2.59 bits per heavy atom. The molecule has 1 aromatic heterocycles. The van der Waals surface area contributed by atoms with Crippen LogP contribution in [0.25, 0.3) is 0 Å². The summed E-state index contributed by atoms with van der Waals surface area (Å²) in [6, 6.07) is 0. The van der Waals surface area contributed by atoms with E-state index in [1.807, 2.05) is 7.05 Å². The summed E-state index contributed by atoms with van der Waals surface area (Å²) in [5, 5.41) is 14.8. The predicted octanol–water partition coefficient (Wildman–Crippen LogP) is 2.57. The van der Waals surface area contributed by atoms with Crippen LogP contribution in [-0.2, 0) is 11.8 Å². The van der Waals surface area contributed by atoms with Gasteiger partial charge in [0.25, 0.3) is 0 Å². The maximum atomic E-state index is 10.6. The van der Waals surface area contributed by atoms with Crippen molar-refractivity contribution in [1.29, 1.82) is 0 Å². The lowest BCUT2D eigenvalue weighted by atomic mass is 9.79. The van der Waals surface area contributed by atoms with E-state index in [0.717, 1.165) is 35.8 Å². The smallest absolute Gasteiger partial charge is 0.126 e. The van der Waals surface area contributed by atoms with Crippen LogP contribution in [0.15, 0.2) is 10.7 Å². The van der Waals surface area contributed by atoms with Crippen LogP contribution < -0.4 is 0 Å². The number of nitrogens with zero attached hydrogens (tertiary/aromatic N) is 2. The van der Waals surface area contributed by atoms with Crippen molar-refractivity contribution in [3.8, 4) is 0 Å². The van der Waals surface area contributed by atoms with Crippen LogP contribution in [0.3, 0.4) is 0 Å². The summed E-state index contributed by atoms with van der Waals surface area (Å²) in [4.78, 5) is 0. The Bertz CT molecular complexity index is 366. The molecule has 1 aliphatic rings. The summed E-state index contributed by atoms with van der Waals surface area (Å²) in [6.07, 6.45) is 6.34. The molecule has 1 fully saturated rings. The number of rotatable bonds is 3. The van der Waals surface area contributed by atoms with E-state index in [9.17, 15) is 5.11 Å². The average Bonchev–Trinajstić information content (AvgIpc) is 2.69. The largest absolute Gasteiger partial charge is 0.384 e. The molecule has 0 spiro atoms. The number of hydrogen-bond acceptors (Lipinski definition) is 3. The van der Waals surface area contributed by atoms with Gasteiger partial charge < -0.3 is 9.84 Å². The molecule has 5 heteroatoms. The fraction of sp³-hybridized carbons (Fsp3) is 0.750. The van der Waals surface area contributed by atoms with Gasteiger partial charge in [0.15, 0.2) is 0 Å². The van der Waals surface area contributed by atoms with Crippen molar-refractivity contribution in [3.05, 3.63) is 16.4 Å². The molecule has 1 saturated carbocycles. The highest BCUT2D eigenvalue weighted by Crippen LogP contribution is 2.42. The van der Waals surface area contributed by atoms with Crippen molar-refractivity contribution in [2.24, 2.45) is 7.05 Å². The maximum absolute atomic E-state index is 10.6. The number of aliphatic hydroxyl groups is 1. The second kappa shape index (κ2) is 5.08. The van der Waals surface area contributed by atoms with Crippen molar-refractivity contribution in [2.45, 2.75) is 43.8 Å². The molecule has 0 radical (unpaired) electrons. The summed E-state index contributed by atoms with van der Waals surface area (Å²) in [5.74, 6) is 0. The van der Waals surface area contributed by atoms with Crippen LogP contribution in [-0.4, -0.2) is 27.6 Å². The third-order valence-corrected chi connectivity index (χ3v) is 4.41. The van der Waals surface area contributed by atoms with E-state index >= 15 is 0 Å². The number of aliphatic hydroxyl groups excluding tert-OH is 1. The minimum absolute atomic E-state index is 0.450. The Hall–Kier alpha value is -0.390. The molecular weight excluding hydrogens is 284 g/mol. The second-order valence-corrected chi connectivity index (χ2v) is 5.59. The van der Waals surface area contributed by atoms with Gasteiger partial charge in [0.2, 0.25) is 0 Å². The minimum Gasteiger partial charge on any atom is -0.384 e. The van der Waals surface area contributed by atoms with E-state index in [1.165, 1.54) is 6.42 Å². The zero-order chi connectivity index (χ0) is 12.5. The van der Waals surface area contributed by atoms with Gasteiger partial charge in [-0.15, -0.1) is 0 Å². The molecule has 0 saturated heterocycles. The van der Waals surface area contributed by atoms with Gasteiger partial charge in [0, 0.05) is 14.2 Å². The Morgan fingerprint density at radius 2 is 2.12 bits per heavy atom. The molecule has 17 heavy (non-hydrogen) atoms. The Kier molecular flexibility index (Phi) is 3.90. The van der Waals surface area contributed by atoms with Crippen molar-refractivity contribution in [3.63, 3.8) is 0 Å². The SMILES string of the molecule is COC1(C(O)c2c(Br)cnn2C)CCCCC1. The van der Waals surface area contributed by atoms with Crippen molar-refractivity contribution in [2.75, 3.05) is 7.11 Å². The molecule has 2 rings (SSSR count). The molecule has 4 nitrogen and oxygen atoms in total. The first-order valence-electron chi connectivity index (χ1n) is 6.01. The van der Waals surface area contributed by atoms with Crippen LogP contribution in [0.4, 0.5) is 0 Å². The molecular formula is C12H19BrN2O2. The number of methoxy groups -OCH3 is 1. The summed E-state index contributed by atoms with van der Waals surface area (Å²) in [7, 11) is 3.54. The lowest BCUT2D eigenvalue weighted by Gasteiger charge is -2.39. The van der Waals surface area contributed by atoms with Crippen molar-refractivity contribution < 1.29 is 9.84 Å². The maximum Gasteiger partial charge on any atom is 0.126 e. The van der Waals surface area contributed by atoms with Crippen LogP contribution in [0.2, 0.25) is 0 Å². The highest BCUT2D eigenvalue weighted by atomic mass is 79.9. The highest BCUT2D eigenvalue weighted by Gasteiger charge is 2.42. The zero-order valence-electron chi connectivity index (χ0n) is 10.3. The number of halogens is 1. The van der Waals surface area contributed by atoms with Gasteiger partial charge in [-0.05, 0) is 28.8 Å². The molecule has 1 aromatic rings. The molecule has 0 amide bonds. The quantitative estimate of drug-likeness (QED) is 0.933. The van der Waals surface area contributed by atoms with E-state index in [-0.39, 0.29) is 0 Å². The van der Waals surface area contributed by atoms with E-state index in [1.54, 1.807) is 18.0 Å². The van der Waals surface area contributed by atoms with E-state index < -0.39 is 11.7 Å². The lowest BCUT2D eigenvalue weighted by molar-refractivity contribution is -0.128. The molecule has 1 unspecified atom stereocenters. The summed E-state index contributed by atoms with van der Waals surface area (Å²) < 4.78 is 8.22. The molecule has 1 N–H and O–H groups in total. The fourth-order valence-corrected chi connectivity index (χ4v) is 3.28. The minimum atomic E-state index is -0.630. The van der Waals surface area contributed by atoms with Crippen LogP contribution >= 0.6 is 15.9 Å². The first-order valence-corrected chi connectivity index (χ1v) is 6.80. The van der Waals surface area contributed by atoms with Gasteiger partial charge in [-0.25, -0.2) is 0 Å². The molecule has 1 atom stereocenters. The molecule has 0 bridgehead atoms. The van der Waals surface area contributed by atoms with Gasteiger partial charge in [-0.2, -0.15) is 5.10 Å². The first kappa shape index (κ1) is 13.1. The first-order chi connectivity index (χ1) is 8.10. The number of hydrogen-bond donors (Lipinski definition) is 1. The van der Waals surface area contributed by atoms with Gasteiger partial charge in [-0.3, -0.25) is 4.68 Å². The molecule has 0 aromatic carbocycles. The number of aromatic nitrogens is 2. The topological polar surface area (TPSA) is 47.3 Å². The van der Waals surface area contributed by atoms with E-state index in [2.05, 4.69) is 21.0 Å². The average molecular weight is 303 g/mol. The summed E-state index contributed by atoms with van der Waals surface area (Å²) >= 11 is 3.44. The van der Waals surface area contributed by atoms with Crippen LogP contribution in [0.1, 0.15) is 43.9 Å². The fourth-order valence-electron chi connectivity index (χ4n) is 2.72. The number of aryl methyl sites for hydroxylation is 1. The van der Waals surface area contributed by atoms with Gasteiger partial charge in [0.1, 0.15) is 6.10 Å². The highest BCUT2D eigenvalue weighted by molar-refractivity contribution is 9.10. The Labute approximate surface area is 110 Å². The van der Waals surface area contributed by atoms with Crippen molar-refractivity contribution >= 4 is 15.9 Å². The molecule has 1 heterocycles. The molecule has 96 valence electrons. The summed E-state index contributed by atoms with van der Waals surface area (Å²) in [5.41, 5.74) is 0.350. The van der Waals surface area contributed by atoms with E-state index in [4.69, 9.17) is 4.74 Å². The van der Waals surface area contributed by atoms with Gasteiger partial charge in [0.05, 0.1) is 22.0 Å². The van der Waals surface area contributed by atoms with Crippen LogP contribution in [0, 0.1) is 0 Å². The molecule has 1 aliphatic carbocycles. The molecule has 0 aliphatic heterocycles. The van der Waals surface area contributed by atoms with Gasteiger partial charge >= 0.3 is 0 Å². The predicted molar refractivity (Wildman–Crippen MR) is 68.7 cm³/mol. The second-order valence-electron chi connectivity index (χ2n) is 4.73. The van der Waals surface area contributed by atoms with E-state index in [0.29, 0.717) is 0 Å². The summed E-state index contributed by atoms with van der Waals surface area (Å²) in [6.45, 7) is 0. The Morgan fingerprint density at radius 1 is 1.47 bits per heavy atom.